The van der Waals surface area contributed by atoms with E-state index in [0.29, 0.717) is 11.1 Å². The number of rotatable bonds is 6. The van der Waals surface area contributed by atoms with Gasteiger partial charge in [-0.05, 0) is 17.7 Å². The molecule has 0 radical (unpaired) electrons. The molecule has 4 aromatic rings. The monoisotopic (exact) mass is 474 g/mol. The summed E-state index contributed by atoms with van der Waals surface area (Å²) in [4.78, 5) is 31.1. The van der Waals surface area contributed by atoms with Crippen molar-refractivity contribution in [1.29, 1.82) is 0 Å². The summed E-state index contributed by atoms with van der Waals surface area (Å²) in [7, 11) is 1.85. The largest absolute Gasteiger partial charge is 0.507 e. The summed E-state index contributed by atoms with van der Waals surface area (Å²) in [5.74, 6) is -1.60. The first-order chi connectivity index (χ1) is 17.5. The van der Waals surface area contributed by atoms with Crippen LogP contribution in [0.5, 0.6) is 0 Å². The molecule has 0 bridgehead atoms. The number of likely N-dealkylation sites (N-methyl/N-ethyl adjacent to an activating group) is 1. The summed E-state index contributed by atoms with van der Waals surface area (Å²) >= 11 is 0. The molecule has 1 fully saturated rings. The van der Waals surface area contributed by atoms with Crippen molar-refractivity contribution in [3.8, 4) is 0 Å². The van der Waals surface area contributed by atoms with Gasteiger partial charge in [-0.1, -0.05) is 109 Å². The van der Waals surface area contributed by atoms with E-state index >= 15 is 0 Å². The topological polar surface area (TPSA) is 60.9 Å². The second-order valence-corrected chi connectivity index (χ2v) is 8.73. The minimum atomic E-state index is -1.40. The molecule has 1 saturated heterocycles. The predicted octanol–water partition coefficient (Wildman–Crippen LogP) is 5.56. The molecule has 1 N–H and O–H groups in total. The Hall–Kier alpha value is -4.64. The number of para-hydroxylation sites is 1. The van der Waals surface area contributed by atoms with Gasteiger partial charge < -0.3 is 10.0 Å². The van der Waals surface area contributed by atoms with E-state index in [9.17, 15) is 14.7 Å². The summed E-state index contributed by atoms with van der Waals surface area (Å²) in [6.45, 7) is 0.184. The number of ketones is 1. The van der Waals surface area contributed by atoms with Crippen LogP contribution in [0.2, 0.25) is 0 Å². The van der Waals surface area contributed by atoms with Gasteiger partial charge in [-0.25, -0.2) is 0 Å². The van der Waals surface area contributed by atoms with E-state index in [2.05, 4.69) is 0 Å². The van der Waals surface area contributed by atoms with Gasteiger partial charge in [0, 0.05) is 30.4 Å². The average molecular weight is 475 g/mol. The zero-order valence-electron chi connectivity index (χ0n) is 19.9. The molecule has 0 aromatic heterocycles. The molecule has 1 aliphatic rings. The average Bonchev–Trinajstić information content (AvgIpc) is 3.16. The lowest BCUT2D eigenvalue weighted by molar-refractivity contribution is -0.141. The number of carbonyl (C=O) groups is 2. The fourth-order valence-electron chi connectivity index (χ4n) is 4.99. The Morgan fingerprint density at radius 1 is 0.750 bits per heavy atom. The summed E-state index contributed by atoms with van der Waals surface area (Å²) in [5, 5.41) is 11.6. The van der Waals surface area contributed by atoms with Crippen molar-refractivity contribution in [3.05, 3.63) is 144 Å². The molecule has 0 saturated carbocycles. The molecule has 4 aromatic carbocycles. The van der Waals surface area contributed by atoms with Crippen LogP contribution in [0.1, 0.15) is 16.7 Å². The van der Waals surface area contributed by atoms with E-state index in [1.165, 1.54) is 0 Å². The lowest BCUT2D eigenvalue weighted by Crippen LogP contribution is -2.55. The smallest absolute Gasteiger partial charge is 0.297 e. The third-order valence-corrected chi connectivity index (χ3v) is 6.68. The normalized spacial score (nSPS) is 18.9. The molecule has 1 heterocycles. The maximum Gasteiger partial charge on any atom is 0.297 e. The number of aliphatic hydroxyl groups excluding tert-OH is 1. The maximum atomic E-state index is 13.8. The summed E-state index contributed by atoms with van der Waals surface area (Å²) < 4.78 is 0. The Kier molecular flexibility index (Phi) is 6.13. The first-order valence-corrected chi connectivity index (χ1v) is 11.8. The van der Waals surface area contributed by atoms with Crippen LogP contribution in [-0.4, -0.2) is 28.7 Å². The van der Waals surface area contributed by atoms with Crippen molar-refractivity contribution >= 4 is 23.1 Å². The second kappa shape index (κ2) is 9.55. The summed E-state index contributed by atoms with van der Waals surface area (Å²) in [6, 6.07) is 37.5. The summed E-state index contributed by atoms with van der Waals surface area (Å²) in [5.41, 5.74) is 1.47. The minimum absolute atomic E-state index is 0.0344. The van der Waals surface area contributed by atoms with Crippen LogP contribution in [0.3, 0.4) is 0 Å². The van der Waals surface area contributed by atoms with E-state index in [1.807, 2.05) is 109 Å². The number of anilines is 1. The number of amides is 1. The quantitative estimate of drug-likeness (QED) is 0.226. The molecular weight excluding hydrogens is 448 g/mol. The molecule has 178 valence electrons. The van der Waals surface area contributed by atoms with Crippen LogP contribution in [0.15, 0.2) is 127 Å². The fraction of sp³-hybridized carbons (Fsp3) is 0.0968. The van der Waals surface area contributed by atoms with Crippen molar-refractivity contribution in [3.63, 3.8) is 0 Å². The van der Waals surface area contributed by atoms with E-state index in [-0.39, 0.29) is 17.9 Å². The number of benzene rings is 4. The molecule has 1 atom stereocenters. The number of likely N-dealkylation sites (tertiary alicyclic amines) is 1. The third-order valence-electron chi connectivity index (χ3n) is 6.68. The van der Waals surface area contributed by atoms with E-state index in [0.717, 1.165) is 11.3 Å². The van der Waals surface area contributed by atoms with Crippen molar-refractivity contribution in [2.45, 2.75) is 12.2 Å². The molecule has 5 nitrogen and oxygen atoms in total. The number of nitrogens with zero attached hydrogens (tertiary/aromatic N) is 2. The highest BCUT2D eigenvalue weighted by Gasteiger charge is 2.60. The molecule has 5 heteroatoms. The Morgan fingerprint density at radius 2 is 1.25 bits per heavy atom. The highest BCUT2D eigenvalue weighted by atomic mass is 16.3. The van der Waals surface area contributed by atoms with Crippen LogP contribution < -0.4 is 4.90 Å². The van der Waals surface area contributed by atoms with E-state index in [4.69, 9.17) is 0 Å². The molecule has 1 unspecified atom stereocenters. The van der Waals surface area contributed by atoms with Gasteiger partial charge in [0.05, 0.1) is 5.57 Å². The minimum Gasteiger partial charge on any atom is -0.507 e. The molecule has 1 aliphatic heterocycles. The fourth-order valence-corrected chi connectivity index (χ4v) is 4.99. The number of hydrogen-bond acceptors (Lipinski definition) is 4. The molecule has 1 amide bonds. The highest BCUT2D eigenvalue weighted by Crippen LogP contribution is 2.49. The van der Waals surface area contributed by atoms with Crippen LogP contribution >= 0.6 is 0 Å². The molecule has 0 aliphatic carbocycles. The van der Waals surface area contributed by atoms with E-state index < -0.39 is 17.4 Å². The lowest BCUT2D eigenvalue weighted by atomic mass is 9.86. The molecule has 5 rings (SSSR count). The van der Waals surface area contributed by atoms with Gasteiger partial charge in [0.2, 0.25) is 0 Å². The van der Waals surface area contributed by atoms with Gasteiger partial charge in [-0.3, -0.25) is 14.5 Å². The van der Waals surface area contributed by atoms with Gasteiger partial charge in [-0.2, -0.15) is 0 Å². The highest BCUT2D eigenvalue weighted by molar-refractivity contribution is 6.47. The number of Topliss-reactive ketones (excluding diaryl/α,β-unsaturated/α-hetero) is 1. The Labute approximate surface area is 210 Å². The van der Waals surface area contributed by atoms with Gasteiger partial charge in [0.15, 0.2) is 5.66 Å². The zero-order valence-corrected chi connectivity index (χ0v) is 19.9. The van der Waals surface area contributed by atoms with Gasteiger partial charge in [0.1, 0.15) is 5.76 Å². The van der Waals surface area contributed by atoms with Crippen molar-refractivity contribution in [1.82, 2.24) is 4.90 Å². The van der Waals surface area contributed by atoms with Crippen molar-refractivity contribution in [2.24, 2.45) is 0 Å². The zero-order chi connectivity index (χ0) is 25.1. The number of hydrogen-bond donors (Lipinski definition) is 1. The van der Waals surface area contributed by atoms with Crippen LogP contribution in [0.25, 0.3) is 5.76 Å². The van der Waals surface area contributed by atoms with Crippen LogP contribution in [0.4, 0.5) is 5.69 Å². The predicted molar refractivity (Wildman–Crippen MR) is 141 cm³/mol. The number of carbonyl (C=O) groups excluding carboxylic acids is 2. The third kappa shape index (κ3) is 3.75. The molecule has 0 spiro atoms. The molecular formula is C31H26N2O3. The maximum absolute atomic E-state index is 13.8. The van der Waals surface area contributed by atoms with Crippen LogP contribution in [-0.2, 0) is 21.8 Å². The Morgan fingerprint density at radius 3 is 1.83 bits per heavy atom. The van der Waals surface area contributed by atoms with Gasteiger partial charge in [0.25, 0.3) is 11.7 Å². The standard InChI is InChI=1S/C31H26N2O3/c1-32(26-20-12-5-13-21-26)31(25-18-10-4-11-19-25)27(28(34)24-16-8-3-9-17-24)29(35)30(36)33(31)22-23-14-6-2-7-15-23/h2-21,34H,22H2,1H3. The Bertz CT molecular complexity index is 1400. The van der Waals surface area contributed by atoms with E-state index in [1.54, 1.807) is 29.2 Å². The molecule has 36 heavy (non-hydrogen) atoms. The number of aliphatic hydroxyl groups is 1. The van der Waals surface area contributed by atoms with Crippen molar-refractivity contribution in [2.75, 3.05) is 11.9 Å². The van der Waals surface area contributed by atoms with Crippen molar-refractivity contribution < 1.29 is 14.7 Å². The van der Waals surface area contributed by atoms with Gasteiger partial charge >= 0.3 is 0 Å². The Balaban J connectivity index is 1.86. The second-order valence-electron chi connectivity index (χ2n) is 8.73. The first kappa shape index (κ1) is 23.1. The lowest BCUT2D eigenvalue weighted by Gasteiger charge is -2.47. The SMILES string of the molecule is CN(c1ccccc1)C1(c2ccccc2)C(=C(O)c2ccccc2)C(=O)C(=O)N1Cc1ccccc1. The summed E-state index contributed by atoms with van der Waals surface area (Å²) in [6.07, 6.45) is 0. The van der Waals surface area contributed by atoms with Crippen LogP contribution in [0, 0.1) is 0 Å². The van der Waals surface area contributed by atoms with Gasteiger partial charge in [-0.15, -0.1) is 0 Å². The first-order valence-electron chi connectivity index (χ1n) is 11.8.